The monoisotopic (exact) mass is 334 g/mol. The van der Waals surface area contributed by atoms with Gasteiger partial charge in [-0.25, -0.2) is 4.98 Å². The molecule has 3 aromatic rings. The molecule has 0 atom stereocenters. The zero-order valence-corrected chi connectivity index (χ0v) is 12.6. The fourth-order valence-electron chi connectivity index (χ4n) is 2.20. The number of benzene rings is 1. The summed E-state index contributed by atoms with van der Waals surface area (Å²) in [5.41, 5.74) is 0.578. The van der Waals surface area contributed by atoms with Gasteiger partial charge in [0.05, 0.1) is 24.6 Å². The second-order valence-corrected chi connectivity index (χ2v) is 4.94. The minimum atomic E-state index is -4.42. The molecule has 3 rings (SSSR count). The van der Waals surface area contributed by atoms with E-state index in [1.165, 1.54) is 13.2 Å². The standard InChI is InChI=1S/C16H13F3N4O/c1-24-13-5-6-14(22-12-8-20-21-9-12)23-15(13)10-3-2-4-11(7-10)16(17,18)19/h2-9H,1H3,(H,20,21)(H,22,23). The third kappa shape index (κ3) is 3.32. The molecule has 0 amide bonds. The number of hydrogen-bond donors (Lipinski definition) is 2. The van der Waals surface area contributed by atoms with Gasteiger partial charge in [-0.05, 0) is 24.3 Å². The Bertz CT molecular complexity index is 832. The van der Waals surface area contributed by atoms with Crippen LogP contribution in [0.2, 0.25) is 0 Å². The maximum atomic E-state index is 12.9. The number of alkyl halides is 3. The van der Waals surface area contributed by atoms with Crippen LogP contribution in [0.25, 0.3) is 11.3 Å². The van der Waals surface area contributed by atoms with Crippen LogP contribution in [0.5, 0.6) is 5.75 Å². The van der Waals surface area contributed by atoms with Crippen molar-refractivity contribution in [3.8, 4) is 17.0 Å². The van der Waals surface area contributed by atoms with Crippen molar-refractivity contribution in [1.29, 1.82) is 0 Å². The van der Waals surface area contributed by atoms with Gasteiger partial charge < -0.3 is 10.1 Å². The smallest absolute Gasteiger partial charge is 0.416 e. The first-order valence-corrected chi connectivity index (χ1v) is 6.96. The number of hydrogen-bond acceptors (Lipinski definition) is 4. The molecule has 124 valence electrons. The lowest BCUT2D eigenvalue weighted by molar-refractivity contribution is -0.137. The number of aromatic nitrogens is 3. The van der Waals surface area contributed by atoms with E-state index in [4.69, 9.17) is 4.74 Å². The van der Waals surface area contributed by atoms with Crippen LogP contribution in [0.15, 0.2) is 48.8 Å². The van der Waals surface area contributed by atoms with Gasteiger partial charge >= 0.3 is 6.18 Å². The molecule has 0 aliphatic carbocycles. The van der Waals surface area contributed by atoms with Gasteiger partial charge in [-0.1, -0.05) is 12.1 Å². The molecule has 0 radical (unpaired) electrons. The fourth-order valence-corrected chi connectivity index (χ4v) is 2.20. The van der Waals surface area contributed by atoms with E-state index in [-0.39, 0.29) is 0 Å². The highest BCUT2D eigenvalue weighted by Crippen LogP contribution is 2.35. The van der Waals surface area contributed by atoms with Crippen molar-refractivity contribution in [2.45, 2.75) is 6.18 Å². The third-order valence-electron chi connectivity index (χ3n) is 3.31. The van der Waals surface area contributed by atoms with E-state index in [0.717, 1.165) is 12.1 Å². The van der Waals surface area contributed by atoms with Crippen LogP contribution >= 0.6 is 0 Å². The number of halogens is 3. The normalized spacial score (nSPS) is 11.3. The maximum absolute atomic E-state index is 12.9. The van der Waals surface area contributed by atoms with Gasteiger partial charge in [0.1, 0.15) is 17.3 Å². The third-order valence-corrected chi connectivity index (χ3v) is 3.31. The Morgan fingerprint density at radius 1 is 1.17 bits per heavy atom. The summed E-state index contributed by atoms with van der Waals surface area (Å²) in [5.74, 6) is 0.844. The van der Waals surface area contributed by atoms with Crippen molar-refractivity contribution < 1.29 is 17.9 Å². The Kier molecular flexibility index (Phi) is 4.11. The number of nitrogens with zero attached hydrogens (tertiary/aromatic N) is 2. The Hall–Kier alpha value is -3.03. The predicted molar refractivity (Wildman–Crippen MR) is 83.1 cm³/mol. The summed E-state index contributed by atoms with van der Waals surface area (Å²) < 4.78 is 44.0. The molecule has 0 unspecified atom stereocenters. The molecule has 1 aromatic carbocycles. The fraction of sp³-hybridized carbons (Fsp3) is 0.125. The number of aromatic amines is 1. The first-order valence-electron chi connectivity index (χ1n) is 6.96. The highest BCUT2D eigenvalue weighted by atomic mass is 19.4. The van der Waals surface area contributed by atoms with Crippen molar-refractivity contribution in [1.82, 2.24) is 15.2 Å². The van der Waals surface area contributed by atoms with Crippen molar-refractivity contribution in [3.63, 3.8) is 0 Å². The minimum absolute atomic E-state index is 0.317. The topological polar surface area (TPSA) is 62.8 Å². The molecule has 5 nitrogen and oxygen atoms in total. The van der Waals surface area contributed by atoms with Crippen molar-refractivity contribution in [2.24, 2.45) is 0 Å². The first kappa shape index (κ1) is 15.9. The van der Waals surface area contributed by atoms with Crippen LogP contribution in [0, 0.1) is 0 Å². The first-order chi connectivity index (χ1) is 11.5. The summed E-state index contributed by atoms with van der Waals surface area (Å²) in [6.45, 7) is 0. The molecule has 0 bridgehead atoms. The Balaban J connectivity index is 2.02. The molecule has 0 spiro atoms. The van der Waals surface area contributed by atoms with Crippen LogP contribution < -0.4 is 10.1 Å². The van der Waals surface area contributed by atoms with E-state index < -0.39 is 11.7 Å². The predicted octanol–water partition coefficient (Wildman–Crippen LogP) is 4.24. The van der Waals surface area contributed by atoms with Crippen molar-refractivity contribution >= 4 is 11.5 Å². The van der Waals surface area contributed by atoms with Crippen LogP contribution in [0.4, 0.5) is 24.7 Å². The van der Waals surface area contributed by atoms with Gasteiger partial charge in [-0.3, -0.25) is 5.10 Å². The molecule has 0 saturated carbocycles. The molecule has 2 N–H and O–H groups in total. The van der Waals surface area contributed by atoms with Gasteiger partial charge in [0.15, 0.2) is 0 Å². The van der Waals surface area contributed by atoms with Gasteiger partial charge in [0, 0.05) is 11.8 Å². The van der Waals surface area contributed by atoms with Gasteiger partial charge in [-0.2, -0.15) is 18.3 Å². The zero-order valence-electron chi connectivity index (χ0n) is 12.6. The Labute approximate surface area is 135 Å². The van der Waals surface area contributed by atoms with Gasteiger partial charge in [0.2, 0.25) is 0 Å². The van der Waals surface area contributed by atoms with E-state index in [0.29, 0.717) is 28.5 Å². The summed E-state index contributed by atoms with van der Waals surface area (Å²) in [6.07, 6.45) is -1.22. The van der Waals surface area contributed by atoms with Crippen LogP contribution in [0.3, 0.4) is 0 Å². The van der Waals surface area contributed by atoms with E-state index in [2.05, 4.69) is 20.5 Å². The number of anilines is 2. The minimum Gasteiger partial charge on any atom is -0.494 e. The molecule has 2 aromatic heterocycles. The lowest BCUT2D eigenvalue weighted by Crippen LogP contribution is -2.05. The second kappa shape index (κ2) is 6.23. The van der Waals surface area contributed by atoms with Gasteiger partial charge in [-0.15, -0.1) is 0 Å². The highest BCUT2D eigenvalue weighted by Gasteiger charge is 2.30. The lowest BCUT2D eigenvalue weighted by atomic mass is 10.1. The number of methoxy groups -OCH3 is 1. The van der Waals surface area contributed by atoms with Crippen LogP contribution in [0.1, 0.15) is 5.56 Å². The SMILES string of the molecule is COc1ccc(Nc2cn[nH]c2)nc1-c1cccc(C(F)(F)F)c1. The van der Waals surface area contributed by atoms with Gasteiger partial charge in [0.25, 0.3) is 0 Å². The zero-order chi connectivity index (χ0) is 17.2. The Morgan fingerprint density at radius 3 is 2.67 bits per heavy atom. The molecule has 24 heavy (non-hydrogen) atoms. The number of pyridine rings is 1. The lowest BCUT2D eigenvalue weighted by Gasteiger charge is -2.12. The molecule has 0 saturated heterocycles. The summed E-state index contributed by atoms with van der Waals surface area (Å²) in [6, 6.07) is 8.28. The molecule has 2 heterocycles. The summed E-state index contributed by atoms with van der Waals surface area (Å²) in [5, 5.41) is 9.47. The average Bonchev–Trinajstić information content (AvgIpc) is 3.07. The van der Waals surface area contributed by atoms with E-state index in [9.17, 15) is 13.2 Å². The van der Waals surface area contributed by atoms with Crippen molar-refractivity contribution in [2.75, 3.05) is 12.4 Å². The van der Waals surface area contributed by atoms with Crippen LogP contribution in [-0.4, -0.2) is 22.3 Å². The number of H-pyrrole nitrogens is 1. The molecular weight excluding hydrogens is 321 g/mol. The van der Waals surface area contributed by atoms with E-state index >= 15 is 0 Å². The molecular formula is C16H13F3N4O. The van der Waals surface area contributed by atoms with Crippen LogP contribution in [-0.2, 0) is 6.18 Å². The number of nitrogens with one attached hydrogen (secondary N) is 2. The molecule has 0 aliphatic rings. The quantitative estimate of drug-likeness (QED) is 0.749. The largest absolute Gasteiger partial charge is 0.494 e. The highest BCUT2D eigenvalue weighted by molar-refractivity contribution is 5.70. The Morgan fingerprint density at radius 2 is 2.00 bits per heavy atom. The summed E-state index contributed by atoms with van der Waals surface area (Å²) in [4.78, 5) is 4.37. The number of ether oxygens (including phenoxy) is 1. The molecule has 0 aliphatic heterocycles. The maximum Gasteiger partial charge on any atom is 0.416 e. The average molecular weight is 334 g/mol. The summed E-state index contributed by atoms with van der Waals surface area (Å²) in [7, 11) is 1.44. The van der Waals surface area contributed by atoms with Crippen molar-refractivity contribution in [3.05, 3.63) is 54.4 Å². The number of rotatable bonds is 4. The van der Waals surface area contributed by atoms with E-state index in [1.807, 2.05) is 0 Å². The van der Waals surface area contributed by atoms with E-state index in [1.54, 1.807) is 30.6 Å². The molecule has 8 heteroatoms. The summed E-state index contributed by atoms with van der Waals surface area (Å²) >= 11 is 0. The second-order valence-electron chi connectivity index (χ2n) is 4.94. The molecule has 0 fully saturated rings.